The van der Waals surface area contributed by atoms with Crippen molar-refractivity contribution in [1.82, 2.24) is 5.32 Å². The van der Waals surface area contributed by atoms with Crippen molar-refractivity contribution in [1.29, 1.82) is 0 Å². The van der Waals surface area contributed by atoms with E-state index in [-0.39, 0.29) is 12.5 Å². The molecule has 0 spiro atoms. The van der Waals surface area contributed by atoms with Gasteiger partial charge in [0.25, 0.3) is 0 Å². The summed E-state index contributed by atoms with van der Waals surface area (Å²) < 4.78 is 0. The maximum atomic E-state index is 12.3. The molecule has 0 saturated carbocycles. The standard InChI is InChI=1S/C40H69NO4/c1-3-5-7-9-11-12-13-14-15-16-17-18-22-26-30-34-39(44)38(36-42)41-40(45)35-31-27-23-20-19-21-25-29-33-37(43)32-28-24-10-8-6-4-2/h6,8,20-21,23-25,28-30,33-34,37-39,42-44H,3-5,7,9-19,22,26-27,31-32,35-36H2,1-2H3,(H,41,45)/b8-6-,23-20-,25-21-,28-24-,33-29+,34-30+/t37?,38-,39+/m0/s1. The van der Waals surface area contributed by atoms with Gasteiger partial charge in [0, 0.05) is 6.42 Å². The van der Waals surface area contributed by atoms with Crippen LogP contribution in [0.25, 0.3) is 0 Å². The number of unbranched alkanes of at least 4 members (excludes halogenated alkanes) is 14. The molecule has 0 rings (SSSR count). The fourth-order valence-electron chi connectivity index (χ4n) is 4.94. The third kappa shape index (κ3) is 31.6. The van der Waals surface area contributed by atoms with Crippen LogP contribution in [-0.2, 0) is 4.79 Å². The monoisotopic (exact) mass is 628 g/mol. The van der Waals surface area contributed by atoms with E-state index < -0.39 is 18.2 Å². The minimum Gasteiger partial charge on any atom is -0.394 e. The molecule has 1 unspecified atom stereocenters. The number of carbonyl (C=O) groups is 1. The van der Waals surface area contributed by atoms with Gasteiger partial charge in [0.1, 0.15) is 0 Å². The lowest BCUT2D eigenvalue weighted by Gasteiger charge is -2.19. The predicted octanol–water partition coefficient (Wildman–Crippen LogP) is 9.75. The largest absolute Gasteiger partial charge is 0.394 e. The molecule has 0 radical (unpaired) electrons. The molecule has 0 bridgehead atoms. The zero-order valence-corrected chi connectivity index (χ0v) is 29.0. The van der Waals surface area contributed by atoms with Crippen LogP contribution in [0.15, 0.2) is 72.9 Å². The second-order valence-electron chi connectivity index (χ2n) is 12.1. The summed E-state index contributed by atoms with van der Waals surface area (Å²) in [7, 11) is 0. The zero-order valence-electron chi connectivity index (χ0n) is 29.0. The van der Waals surface area contributed by atoms with E-state index in [1.54, 1.807) is 12.2 Å². The van der Waals surface area contributed by atoms with Crippen LogP contribution in [0.1, 0.15) is 149 Å². The Morgan fingerprint density at radius 2 is 1.20 bits per heavy atom. The van der Waals surface area contributed by atoms with Crippen molar-refractivity contribution < 1.29 is 20.1 Å². The van der Waals surface area contributed by atoms with E-state index in [0.29, 0.717) is 19.3 Å². The number of hydrogen-bond donors (Lipinski definition) is 4. The van der Waals surface area contributed by atoms with Gasteiger partial charge in [-0.1, -0.05) is 164 Å². The topological polar surface area (TPSA) is 89.8 Å². The minimum atomic E-state index is -0.882. The zero-order chi connectivity index (χ0) is 33.1. The number of aliphatic hydroxyl groups is 3. The number of rotatable bonds is 31. The highest BCUT2D eigenvalue weighted by Crippen LogP contribution is 2.13. The fourth-order valence-corrected chi connectivity index (χ4v) is 4.94. The van der Waals surface area contributed by atoms with Gasteiger partial charge in [-0.3, -0.25) is 4.79 Å². The van der Waals surface area contributed by atoms with Gasteiger partial charge in [0.05, 0.1) is 24.9 Å². The molecule has 0 aliphatic carbocycles. The summed E-state index contributed by atoms with van der Waals surface area (Å²) >= 11 is 0. The van der Waals surface area contributed by atoms with Gasteiger partial charge in [-0.25, -0.2) is 0 Å². The Morgan fingerprint density at radius 1 is 0.622 bits per heavy atom. The van der Waals surface area contributed by atoms with E-state index in [9.17, 15) is 20.1 Å². The highest BCUT2D eigenvalue weighted by Gasteiger charge is 2.17. The molecule has 5 nitrogen and oxygen atoms in total. The summed E-state index contributed by atoms with van der Waals surface area (Å²) in [6.45, 7) is 4.09. The van der Waals surface area contributed by atoms with Gasteiger partial charge < -0.3 is 20.6 Å². The molecule has 0 fully saturated rings. The number of aliphatic hydroxyl groups excluding tert-OH is 3. The van der Waals surface area contributed by atoms with Crippen LogP contribution in [0.4, 0.5) is 0 Å². The lowest BCUT2D eigenvalue weighted by molar-refractivity contribution is -0.122. The Labute approximate surface area is 277 Å². The van der Waals surface area contributed by atoms with Crippen LogP contribution in [0.2, 0.25) is 0 Å². The van der Waals surface area contributed by atoms with E-state index in [4.69, 9.17) is 0 Å². The number of hydrogen-bond acceptors (Lipinski definition) is 4. The highest BCUT2D eigenvalue weighted by molar-refractivity contribution is 5.76. The Kier molecular flexibility index (Phi) is 33.0. The van der Waals surface area contributed by atoms with Gasteiger partial charge >= 0.3 is 0 Å². The van der Waals surface area contributed by atoms with Gasteiger partial charge in [0.2, 0.25) is 5.91 Å². The number of allylic oxidation sites excluding steroid dienone is 9. The summed E-state index contributed by atoms with van der Waals surface area (Å²) in [4.78, 5) is 12.3. The normalized spacial score (nSPS) is 14.7. The average molecular weight is 628 g/mol. The van der Waals surface area contributed by atoms with E-state index in [1.165, 1.54) is 77.0 Å². The van der Waals surface area contributed by atoms with Gasteiger partial charge in [0.15, 0.2) is 0 Å². The van der Waals surface area contributed by atoms with Crippen LogP contribution < -0.4 is 5.32 Å². The molecule has 0 aliphatic heterocycles. The molecule has 4 N–H and O–H groups in total. The van der Waals surface area contributed by atoms with Crippen molar-refractivity contribution in [3.05, 3.63) is 72.9 Å². The number of nitrogens with one attached hydrogen (secondary N) is 1. The molecular weight excluding hydrogens is 558 g/mol. The van der Waals surface area contributed by atoms with Gasteiger partial charge in [-0.15, -0.1) is 0 Å². The lowest BCUT2D eigenvalue weighted by Crippen LogP contribution is -2.45. The first kappa shape index (κ1) is 42.8. The van der Waals surface area contributed by atoms with Gasteiger partial charge in [-0.05, 0) is 51.4 Å². The van der Waals surface area contributed by atoms with Gasteiger partial charge in [-0.2, -0.15) is 0 Å². The first-order valence-corrected chi connectivity index (χ1v) is 18.3. The van der Waals surface area contributed by atoms with Crippen LogP contribution >= 0.6 is 0 Å². The number of carbonyl (C=O) groups excluding carboxylic acids is 1. The molecule has 1 amide bonds. The summed E-state index contributed by atoms with van der Waals surface area (Å²) in [5.41, 5.74) is 0. The van der Waals surface area contributed by atoms with Crippen LogP contribution in [-0.4, -0.2) is 46.1 Å². The molecule has 3 atom stereocenters. The molecule has 0 aromatic rings. The summed E-state index contributed by atoms with van der Waals surface area (Å²) in [6.07, 6.45) is 45.8. The minimum absolute atomic E-state index is 0.151. The van der Waals surface area contributed by atoms with E-state index in [1.807, 2.05) is 30.4 Å². The Bertz CT molecular complexity index is 826. The molecule has 5 heteroatoms. The third-order valence-corrected chi connectivity index (χ3v) is 7.78. The average Bonchev–Trinajstić information content (AvgIpc) is 3.04. The summed E-state index contributed by atoms with van der Waals surface area (Å²) in [5, 5.41) is 32.8. The van der Waals surface area contributed by atoms with E-state index in [2.05, 4.69) is 49.5 Å². The Balaban J connectivity index is 3.86. The van der Waals surface area contributed by atoms with Crippen molar-refractivity contribution in [3.63, 3.8) is 0 Å². The van der Waals surface area contributed by atoms with Crippen molar-refractivity contribution in [3.8, 4) is 0 Å². The summed E-state index contributed by atoms with van der Waals surface area (Å²) in [5.74, 6) is -0.151. The van der Waals surface area contributed by atoms with Crippen molar-refractivity contribution >= 4 is 5.91 Å². The van der Waals surface area contributed by atoms with Crippen molar-refractivity contribution in [2.24, 2.45) is 0 Å². The second kappa shape index (κ2) is 34.7. The Hall–Kier alpha value is -2.21. The highest BCUT2D eigenvalue weighted by atomic mass is 16.3. The predicted molar refractivity (Wildman–Crippen MR) is 194 cm³/mol. The van der Waals surface area contributed by atoms with Crippen LogP contribution in [0.3, 0.4) is 0 Å². The summed E-state index contributed by atoms with van der Waals surface area (Å²) in [6, 6.07) is -0.674. The van der Waals surface area contributed by atoms with E-state index >= 15 is 0 Å². The van der Waals surface area contributed by atoms with Crippen molar-refractivity contribution in [2.75, 3.05) is 6.61 Å². The molecular formula is C40H69NO4. The Morgan fingerprint density at radius 3 is 1.84 bits per heavy atom. The maximum Gasteiger partial charge on any atom is 0.220 e. The molecule has 0 saturated heterocycles. The van der Waals surface area contributed by atoms with Crippen LogP contribution in [0.5, 0.6) is 0 Å². The van der Waals surface area contributed by atoms with Crippen LogP contribution in [0, 0.1) is 0 Å². The molecule has 0 aromatic carbocycles. The molecule has 0 aliphatic rings. The lowest BCUT2D eigenvalue weighted by atomic mass is 10.0. The SMILES string of the molecule is CC/C=C\C/C=C\CC(O)/C=C/C=C\C/C=C\CCCC(=O)N[C@@H](CO)[C@H](O)/C=C/CCCCCCCCCCCCCCC. The smallest absolute Gasteiger partial charge is 0.220 e. The first-order valence-electron chi connectivity index (χ1n) is 18.3. The number of amides is 1. The second-order valence-corrected chi connectivity index (χ2v) is 12.1. The third-order valence-electron chi connectivity index (χ3n) is 7.78. The van der Waals surface area contributed by atoms with E-state index in [0.717, 1.165) is 38.5 Å². The molecule has 258 valence electrons. The fraction of sp³-hybridized carbons (Fsp3) is 0.675. The quantitative estimate of drug-likeness (QED) is 0.0350. The van der Waals surface area contributed by atoms with Crippen molar-refractivity contribution in [2.45, 2.75) is 167 Å². The molecule has 0 aromatic heterocycles. The maximum absolute atomic E-state index is 12.3. The molecule has 0 heterocycles. The first-order chi connectivity index (χ1) is 22.0. The molecule has 45 heavy (non-hydrogen) atoms.